The highest BCUT2D eigenvalue weighted by atomic mass is 16.5. The van der Waals surface area contributed by atoms with Crippen LogP contribution in [0.25, 0.3) is 0 Å². The fourth-order valence-corrected chi connectivity index (χ4v) is 2.49. The van der Waals surface area contributed by atoms with Gasteiger partial charge in [0, 0.05) is 13.2 Å². The average Bonchev–Trinajstić information content (AvgIpc) is 2.68. The predicted molar refractivity (Wildman–Crippen MR) is 117 cm³/mol. The van der Waals surface area contributed by atoms with E-state index in [0.29, 0.717) is 39.6 Å². The molecule has 0 aromatic heterocycles. The van der Waals surface area contributed by atoms with Gasteiger partial charge in [-0.05, 0) is 48.3 Å². The summed E-state index contributed by atoms with van der Waals surface area (Å²) in [4.78, 5) is 0. The van der Waals surface area contributed by atoms with Crippen LogP contribution in [0, 0.1) is 6.92 Å². The molecule has 0 amide bonds. The molecular formula is C23H42O6. The highest BCUT2D eigenvalue weighted by Crippen LogP contribution is 2.24. The molecule has 0 saturated heterocycles. The summed E-state index contributed by atoms with van der Waals surface area (Å²) in [6.07, 6.45) is 2.58. The Kier molecular flexibility index (Phi) is 17.2. The number of rotatable bonds is 14. The minimum atomic E-state index is 0.0688. The molecular weight excluding hydrogens is 372 g/mol. The van der Waals surface area contributed by atoms with Gasteiger partial charge in [0.05, 0.1) is 46.2 Å². The zero-order valence-corrected chi connectivity index (χ0v) is 18.8. The van der Waals surface area contributed by atoms with Gasteiger partial charge in [-0.25, -0.2) is 0 Å². The molecule has 0 radical (unpaired) electrons. The quantitative estimate of drug-likeness (QED) is 0.406. The van der Waals surface area contributed by atoms with Crippen molar-refractivity contribution in [3.05, 3.63) is 34.9 Å². The lowest BCUT2D eigenvalue weighted by Gasteiger charge is -2.20. The molecule has 0 atom stereocenters. The van der Waals surface area contributed by atoms with Crippen LogP contribution in [0.2, 0.25) is 0 Å². The second-order valence-corrected chi connectivity index (χ2v) is 7.86. The number of unbranched alkanes of at least 4 members (excludes halogenated alkanes) is 1. The van der Waals surface area contributed by atoms with E-state index < -0.39 is 0 Å². The molecule has 29 heavy (non-hydrogen) atoms. The van der Waals surface area contributed by atoms with Crippen molar-refractivity contribution in [2.45, 2.75) is 52.4 Å². The Balaban J connectivity index is 0.000000734. The van der Waals surface area contributed by atoms with Crippen LogP contribution in [0.3, 0.4) is 0 Å². The summed E-state index contributed by atoms with van der Waals surface area (Å²) in [5, 5.41) is 25.1. The number of hydrogen-bond donors (Lipinski definition) is 3. The molecule has 0 saturated carbocycles. The van der Waals surface area contributed by atoms with Crippen LogP contribution >= 0.6 is 0 Å². The molecule has 0 spiro atoms. The highest BCUT2D eigenvalue weighted by Gasteiger charge is 2.14. The summed E-state index contributed by atoms with van der Waals surface area (Å²) in [5.41, 5.74) is 4.24. The molecule has 0 aliphatic carbocycles. The van der Waals surface area contributed by atoms with Crippen molar-refractivity contribution in [2.75, 3.05) is 59.5 Å². The van der Waals surface area contributed by atoms with Gasteiger partial charge in [0.2, 0.25) is 0 Å². The van der Waals surface area contributed by atoms with E-state index in [2.05, 4.69) is 45.9 Å². The van der Waals surface area contributed by atoms with Crippen LogP contribution < -0.4 is 0 Å². The zero-order valence-electron chi connectivity index (χ0n) is 18.8. The van der Waals surface area contributed by atoms with E-state index in [1.54, 1.807) is 0 Å². The fraction of sp³-hybridized carbons (Fsp3) is 0.739. The summed E-state index contributed by atoms with van der Waals surface area (Å²) in [6.45, 7) is 12.5. The van der Waals surface area contributed by atoms with E-state index in [1.165, 1.54) is 16.7 Å². The molecule has 0 bridgehead atoms. The summed E-state index contributed by atoms with van der Waals surface area (Å²) >= 11 is 0. The number of benzene rings is 1. The van der Waals surface area contributed by atoms with Gasteiger partial charge in [0.1, 0.15) is 0 Å². The molecule has 0 fully saturated rings. The number of ether oxygens (including phenoxy) is 3. The van der Waals surface area contributed by atoms with Gasteiger partial charge in [0.25, 0.3) is 0 Å². The molecule has 0 aliphatic rings. The minimum Gasteiger partial charge on any atom is -0.396 e. The maximum absolute atomic E-state index is 8.56. The van der Waals surface area contributed by atoms with Crippen LogP contribution in [0.1, 0.15) is 50.3 Å². The third-order valence-electron chi connectivity index (χ3n) is 4.26. The lowest BCUT2D eigenvalue weighted by atomic mass is 9.85. The first-order valence-electron chi connectivity index (χ1n) is 10.5. The van der Waals surface area contributed by atoms with Gasteiger partial charge >= 0.3 is 0 Å². The average molecular weight is 415 g/mol. The number of aliphatic hydroxyl groups excluding tert-OH is 3. The highest BCUT2D eigenvalue weighted by molar-refractivity contribution is 5.34. The van der Waals surface area contributed by atoms with Gasteiger partial charge in [-0.2, -0.15) is 0 Å². The molecule has 3 N–H and O–H groups in total. The standard InChI is InChI=1S/C17H28O3.C6H14O3/c1-14-13-16(17(2,3)4)6-5-15(14)7-9-19-11-12-20-10-8-18;7-3-1-2-5-9-6-4-8/h5-6,13,18H,7-12H2,1-4H3;7-8H,1-6H2. The van der Waals surface area contributed by atoms with Gasteiger partial charge in [-0.15, -0.1) is 0 Å². The van der Waals surface area contributed by atoms with E-state index in [1.807, 2.05) is 0 Å². The SMILES string of the molecule is Cc1cc(C(C)(C)C)ccc1CCOCCOCCO.OCCCCOCCO. The molecule has 1 aromatic rings. The molecule has 170 valence electrons. The monoisotopic (exact) mass is 414 g/mol. The molecule has 1 aromatic carbocycles. The van der Waals surface area contributed by atoms with Crippen LogP contribution in [-0.2, 0) is 26.0 Å². The van der Waals surface area contributed by atoms with Crippen molar-refractivity contribution in [3.63, 3.8) is 0 Å². The summed E-state index contributed by atoms with van der Waals surface area (Å²) < 4.78 is 15.6. The lowest BCUT2D eigenvalue weighted by molar-refractivity contribution is 0.0340. The molecule has 0 unspecified atom stereocenters. The van der Waals surface area contributed by atoms with E-state index >= 15 is 0 Å². The largest absolute Gasteiger partial charge is 0.396 e. The van der Waals surface area contributed by atoms with Crippen molar-refractivity contribution in [1.82, 2.24) is 0 Å². The van der Waals surface area contributed by atoms with Gasteiger partial charge in [-0.1, -0.05) is 39.0 Å². The lowest BCUT2D eigenvalue weighted by Crippen LogP contribution is -2.12. The smallest absolute Gasteiger partial charge is 0.0701 e. The normalized spacial score (nSPS) is 11.3. The van der Waals surface area contributed by atoms with Crippen LogP contribution in [0.5, 0.6) is 0 Å². The maximum atomic E-state index is 8.56. The van der Waals surface area contributed by atoms with Gasteiger partial charge in [0.15, 0.2) is 0 Å². The van der Waals surface area contributed by atoms with E-state index in [0.717, 1.165) is 19.3 Å². The molecule has 6 heteroatoms. The van der Waals surface area contributed by atoms with E-state index in [4.69, 9.17) is 29.5 Å². The third kappa shape index (κ3) is 15.5. The molecule has 6 nitrogen and oxygen atoms in total. The summed E-state index contributed by atoms with van der Waals surface area (Å²) in [7, 11) is 0. The van der Waals surface area contributed by atoms with Crippen molar-refractivity contribution in [2.24, 2.45) is 0 Å². The summed E-state index contributed by atoms with van der Waals surface area (Å²) in [5.74, 6) is 0. The van der Waals surface area contributed by atoms with Crippen LogP contribution in [0.4, 0.5) is 0 Å². The van der Waals surface area contributed by atoms with Crippen LogP contribution in [0.15, 0.2) is 18.2 Å². The molecule has 1 rings (SSSR count). The van der Waals surface area contributed by atoms with Crippen LogP contribution in [-0.4, -0.2) is 74.8 Å². The first kappa shape index (κ1) is 28.0. The first-order chi connectivity index (χ1) is 13.9. The maximum Gasteiger partial charge on any atom is 0.0701 e. The Morgan fingerprint density at radius 2 is 1.31 bits per heavy atom. The zero-order chi connectivity index (χ0) is 22.0. The Bertz CT molecular complexity index is 493. The van der Waals surface area contributed by atoms with Crippen molar-refractivity contribution < 1.29 is 29.5 Å². The van der Waals surface area contributed by atoms with E-state index in [9.17, 15) is 0 Å². The van der Waals surface area contributed by atoms with Gasteiger partial charge in [-0.3, -0.25) is 0 Å². The summed E-state index contributed by atoms with van der Waals surface area (Å²) in [6, 6.07) is 6.70. The topological polar surface area (TPSA) is 88.4 Å². The minimum absolute atomic E-state index is 0.0688. The second-order valence-electron chi connectivity index (χ2n) is 7.86. The Labute approximate surface area is 176 Å². The third-order valence-corrected chi connectivity index (χ3v) is 4.26. The first-order valence-corrected chi connectivity index (χ1v) is 10.5. The molecule has 0 aliphatic heterocycles. The van der Waals surface area contributed by atoms with Gasteiger partial charge < -0.3 is 29.5 Å². The van der Waals surface area contributed by atoms with Crippen molar-refractivity contribution in [3.8, 4) is 0 Å². The Morgan fingerprint density at radius 3 is 1.83 bits per heavy atom. The number of aliphatic hydroxyl groups is 3. The number of aryl methyl sites for hydroxylation is 1. The number of hydrogen-bond acceptors (Lipinski definition) is 6. The fourth-order valence-electron chi connectivity index (χ4n) is 2.49. The molecule has 0 heterocycles. The Hall–Kier alpha value is -1.02. The van der Waals surface area contributed by atoms with Crippen molar-refractivity contribution >= 4 is 0 Å². The Morgan fingerprint density at radius 1 is 0.724 bits per heavy atom. The second kappa shape index (κ2) is 17.8. The van der Waals surface area contributed by atoms with Crippen molar-refractivity contribution in [1.29, 1.82) is 0 Å². The van der Waals surface area contributed by atoms with E-state index in [-0.39, 0.29) is 25.2 Å². The predicted octanol–water partition coefficient (Wildman–Crippen LogP) is 2.63.